The molecule has 0 unspecified atom stereocenters. The van der Waals surface area contributed by atoms with Gasteiger partial charge in [-0.2, -0.15) is 0 Å². The van der Waals surface area contributed by atoms with E-state index in [4.69, 9.17) is 0 Å². The van der Waals surface area contributed by atoms with Crippen LogP contribution in [0.15, 0.2) is 35.2 Å². The minimum Gasteiger partial charge on any atom is -0.301 e. The molecule has 0 radical (unpaired) electrons. The minimum atomic E-state index is 1.04. The Balaban J connectivity index is 1.31. The van der Waals surface area contributed by atoms with Gasteiger partial charge in [0.2, 0.25) is 0 Å². The SMILES string of the molecule is c1ccc(SCCN2CCN(CC3CC3)CC2)cc1. The summed E-state index contributed by atoms with van der Waals surface area (Å²) in [4.78, 5) is 6.69. The second kappa shape index (κ2) is 6.78. The summed E-state index contributed by atoms with van der Waals surface area (Å²) in [5.74, 6) is 2.26. The summed E-state index contributed by atoms with van der Waals surface area (Å²) >= 11 is 1.98. The van der Waals surface area contributed by atoms with E-state index >= 15 is 0 Å². The Labute approximate surface area is 121 Å². The van der Waals surface area contributed by atoms with E-state index in [2.05, 4.69) is 40.1 Å². The average Bonchev–Trinajstić information content (AvgIpc) is 3.26. The van der Waals surface area contributed by atoms with Gasteiger partial charge in [-0.1, -0.05) is 18.2 Å². The molecule has 1 heterocycles. The summed E-state index contributed by atoms with van der Waals surface area (Å²) in [6, 6.07) is 10.7. The molecular weight excluding hydrogens is 252 g/mol. The van der Waals surface area contributed by atoms with E-state index in [0.29, 0.717) is 0 Å². The molecular formula is C16H24N2S. The Bertz CT molecular complexity index is 370. The maximum absolute atomic E-state index is 2.67. The summed E-state index contributed by atoms with van der Waals surface area (Å²) in [6.45, 7) is 7.70. The molecule has 104 valence electrons. The fraction of sp³-hybridized carbons (Fsp3) is 0.625. The van der Waals surface area contributed by atoms with Gasteiger partial charge in [0.15, 0.2) is 0 Å². The molecule has 2 fully saturated rings. The molecule has 1 saturated carbocycles. The quantitative estimate of drug-likeness (QED) is 0.738. The fourth-order valence-electron chi connectivity index (χ4n) is 2.67. The summed E-state index contributed by atoms with van der Waals surface area (Å²) in [5, 5.41) is 0. The van der Waals surface area contributed by atoms with Crippen molar-refractivity contribution in [2.24, 2.45) is 5.92 Å². The number of piperazine rings is 1. The van der Waals surface area contributed by atoms with Crippen LogP contribution in [0.25, 0.3) is 0 Å². The smallest absolute Gasteiger partial charge is 0.0110 e. The van der Waals surface area contributed by atoms with Crippen molar-refractivity contribution >= 4 is 11.8 Å². The maximum atomic E-state index is 2.67. The summed E-state index contributed by atoms with van der Waals surface area (Å²) < 4.78 is 0. The van der Waals surface area contributed by atoms with Crippen molar-refractivity contribution in [3.8, 4) is 0 Å². The van der Waals surface area contributed by atoms with Crippen LogP contribution in [-0.4, -0.2) is 54.8 Å². The summed E-state index contributed by atoms with van der Waals surface area (Å²) in [5.41, 5.74) is 0. The topological polar surface area (TPSA) is 6.48 Å². The van der Waals surface area contributed by atoms with E-state index in [9.17, 15) is 0 Å². The zero-order valence-corrected chi connectivity index (χ0v) is 12.4. The van der Waals surface area contributed by atoms with Crippen LogP contribution in [0.3, 0.4) is 0 Å². The van der Waals surface area contributed by atoms with Crippen molar-refractivity contribution in [1.82, 2.24) is 9.80 Å². The molecule has 1 saturated heterocycles. The lowest BCUT2D eigenvalue weighted by Gasteiger charge is -2.34. The first-order chi connectivity index (χ1) is 9.40. The average molecular weight is 276 g/mol. The van der Waals surface area contributed by atoms with E-state index in [1.165, 1.54) is 62.8 Å². The first-order valence-corrected chi connectivity index (χ1v) is 8.51. The fourth-order valence-corrected chi connectivity index (χ4v) is 3.61. The highest BCUT2D eigenvalue weighted by atomic mass is 32.2. The van der Waals surface area contributed by atoms with E-state index in [1.807, 2.05) is 11.8 Å². The van der Waals surface area contributed by atoms with Crippen molar-refractivity contribution in [3.05, 3.63) is 30.3 Å². The number of rotatable bonds is 6. The molecule has 0 bridgehead atoms. The van der Waals surface area contributed by atoms with Gasteiger partial charge in [-0.3, -0.25) is 4.90 Å². The van der Waals surface area contributed by atoms with Crippen LogP contribution in [0, 0.1) is 5.92 Å². The summed E-state index contributed by atoms with van der Waals surface area (Å²) in [6.07, 6.45) is 2.96. The van der Waals surface area contributed by atoms with Crippen LogP contribution in [-0.2, 0) is 0 Å². The molecule has 19 heavy (non-hydrogen) atoms. The zero-order valence-electron chi connectivity index (χ0n) is 11.6. The molecule has 0 spiro atoms. The summed E-state index contributed by atoms with van der Waals surface area (Å²) in [7, 11) is 0. The van der Waals surface area contributed by atoms with Gasteiger partial charge >= 0.3 is 0 Å². The highest BCUT2D eigenvalue weighted by Crippen LogP contribution is 2.29. The van der Waals surface area contributed by atoms with E-state index < -0.39 is 0 Å². The number of hydrogen-bond donors (Lipinski definition) is 0. The van der Waals surface area contributed by atoms with Crippen LogP contribution in [0.2, 0.25) is 0 Å². The maximum Gasteiger partial charge on any atom is 0.0110 e. The van der Waals surface area contributed by atoms with Crippen LogP contribution < -0.4 is 0 Å². The Morgan fingerprint density at radius 3 is 2.32 bits per heavy atom. The van der Waals surface area contributed by atoms with Gasteiger partial charge in [0, 0.05) is 49.9 Å². The standard InChI is InChI=1S/C16H24N2S/c1-2-4-16(5-3-1)19-13-12-17-8-10-18(11-9-17)14-15-6-7-15/h1-5,15H,6-14H2. The van der Waals surface area contributed by atoms with Gasteiger partial charge in [-0.25, -0.2) is 0 Å². The van der Waals surface area contributed by atoms with E-state index in [0.717, 1.165) is 5.92 Å². The van der Waals surface area contributed by atoms with Gasteiger partial charge < -0.3 is 4.90 Å². The first-order valence-electron chi connectivity index (χ1n) is 7.53. The van der Waals surface area contributed by atoms with Crippen molar-refractivity contribution in [2.75, 3.05) is 45.0 Å². The van der Waals surface area contributed by atoms with Crippen molar-refractivity contribution < 1.29 is 0 Å². The number of thioether (sulfide) groups is 1. The lowest BCUT2D eigenvalue weighted by Crippen LogP contribution is -2.47. The molecule has 0 N–H and O–H groups in total. The Kier molecular flexibility index (Phi) is 4.81. The Morgan fingerprint density at radius 2 is 1.63 bits per heavy atom. The van der Waals surface area contributed by atoms with Crippen LogP contribution in [0.4, 0.5) is 0 Å². The largest absolute Gasteiger partial charge is 0.301 e. The predicted octanol–water partition coefficient (Wildman–Crippen LogP) is 2.81. The van der Waals surface area contributed by atoms with Gasteiger partial charge in [0.1, 0.15) is 0 Å². The van der Waals surface area contributed by atoms with Crippen molar-refractivity contribution in [1.29, 1.82) is 0 Å². The molecule has 2 nitrogen and oxygen atoms in total. The van der Waals surface area contributed by atoms with Gasteiger partial charge in [0.05, 0.1) is 0 Å². The van der Waals surface area contributed by atoms with Crippen LogP contribution in [0.5, 0.6) is 0 Å². The molecule has 0 amide bonds. The zero-order chi connectivity index (χ0) is 12.9. The van der Waals surface area contributed by atoms with Crippen molar-refractivity contribution in [2.45, 2.75) is 17.7 Å². The third-order valence-electron chi connectivity index (χ3n) is 4.10. The Hall–Kier alpha value is -0.510. The van der Waals surface area contributed by atoms with Gasteiger partial charge in [-0.05, 0) is 30.9 Å². The monoisotopic (exact) mass is 276 g/mol. The molecule has 0 atom stereocenters. The number of hydrogen-bond acceptors (Lipinski definition) is 3. The normalized spacial score (nSPS) is 21.7. The molecule has 3 rings (SSSR count). The second-order valence-electron chi connectivity index (χ2n) is 5.75. The highest BCUT2D eigenvalue weighted by Gasteiger charge is 2.26. The third kappa shape index (κ3) is 4.51. The highest BCUT2D eigenvalue weighted by molar-refractivity contribution is 7.99. The molecule has 1 aliphatic heterocycles. The van der Waals surface area contributed by atoms with Gasteiger partial charge in [-0.15, -0.1) is 11.8 Å². The lowest BCUT2D eigenvalue weighted by atomic mass is 10.3. The van der Waals surface area contributed by atoms with Crippen LogP contribution in [0.1, 0.15) is 12.8 Å². The molecule has 1 aliphatic carbocycles. The van der Waals surface area contributed by atoms with E-state index in [-0.39, 0.29) is 0 Å². The molecule has 3 heteroatoms. The number of benzene rings is 1. The Morgan fingerprint density at radius 1 is 0.947 bits per heavy atom. The molecule has 2 aliphatic rings. The lowest BCUT2D eigenvalue weighted by molar-refractivity contribution is 0.134. The van der Waals surface area contributed by atoms with Gasteiger partial charge in [0.25, 0.3) is 0 Å². The minimum absolute atomic E-state index is 1.04. The molecule has 0 aromatic heterocycles. The molecule has 1 aromatic carbocycles. The van der Waals surface area contributed by atoms with Crippen molar-refractivity contribution in [3.63, 3.8) is 0 Å². The number of nitrogens with zero attached hydrogens (tertiary/aromatic N) is 2. The predicted molar refractivity (Wildman–Crippen MR) is 82.8 cm³/mol. The van der Waals surface area contributed by atoms with E-state index in [1.54, 1.807) is 0 Å². The van der Waals surface area contributed by atoms with Crippen LogP contribution >= 0.6 is 11.8 Å². The second-order valence-corrected chi connectivity index (χ2v) is 6.92. The molecule has 1 aromatic rings. The first kappa shape index (κ1) is 13.5. The third-order valence-corrected chi connectivity index (χ3v) is 5.09.